The van der Waals surface area contributed by atoms with Crippen molar-refractivity contribution in [1.29, 1.82) is 0 Å². The van der Waals surface area contributed by atoms with Crippen LogP contribution in [-0.4, -0.2) is 32.9 Å². The van der Waals surface area contributed by atoms with Crippen LogP contribution in [0.15, 0.2) is 64.4 Å². The molecule has 3 rings (SSSR count). The minimum atomic E-state index is -3.74. The minimum Gasteiger partial charge on any atom is -0.224 e. The molecule has 1 heterocycles. The molecule has 0 radical (unpaired) electrons. The number of hydrogen-bond donors (Lipinski definition) is 0. The average molecular weight is 408 g/mol. The molecule has 2 aromatic rings. The van der Waals surface area contributed by atoms with E-state index in [-0.39, 0.29) is 27.6 Å². The van der Waals surface area contributed by atoms with Crippen LogP contribution in [0, 0.1) is 0 Å². The fourth-order valence-corrected chi connectivity index (χ4v) is 6.42. The molecule has 0 saturated carbocycles. The summed E-state index contributed by atoms with van der Waals surface area (Å²) in [6.45, 7) is 3.50. The highest BCUT2D eigenvalue weighted by Crippen LogP contribution is 2.38. The molecule has 146 valence electrons. The third kappa shape index (κ3) is 3.95. The van der Waals surface area contributed by atoms with Gasteiger partial charge in [0.1, 0.15) is 0 Å². The van der Waals surface area contributed by atoms with E-state index in [1.807, 2.05) is 37.3 Å². The quantitative estimate of drug-likeness (QED) is 0.756. The molecule has 1 saturated heterocycles. The van der Waals surface area contributed by atoms with Crippen LogP contribution in [0.5, 0.6) is 0 Å². The zero-order chi connectivity index (χ0) is 19.7. The first-order chi connectivity index (χ1) is 12.8. The number of sulfone groups is 1. The molecule has 0 amide bonds. The Labute approximate surface area is 162 Å². The Kier molecular flexibility index (Phi) is 5.74. The standard InChI is InChI=1S/C20H25NO4S2/c1-3-26(22,23)18-12-14-19(15-13-18)27(24,25)21-16(2)8-7-11-20(21)17-9-5-4-6-10-17/h4-6,9-10,12-16,20H,3,7-8,11H2,1-2H3. The zero-order valence-corrected chi connectivity index (χ0v) is 17.2. The molecule has 7 heteroatoms. The fourth-order valence-electron chi connectivity index (χ4n) is 3.67. The van der Waals surface area contributed by atoms with Gasteiger partial charge in [0.2, 0.25) is 10.0 Å². The summed E-state index contributed by atoms with van der Waals surface area (Å²) in [4.78, 5) is 0.280. The van der Waals surface area contributed by atoms with Crippen LogP contribution in [0.1, 0.15) is 44.7 Å². The van der Waals surface area contributed by atoms with Crippen molar-refractivity contribution in [3.05, 3.63) is 60.2 Å². The Morgan fingerprint density at radius 2 is 1.48 bits per heavy atom. The van der Waals surface area contributed by atoms with Gasteiger partial charge in [-0.05, 0) is 56.0 Å². The maximum absolute atomic E-state index is 13.4. The lowest BCUT2D eigenvalue weighted by Gasteiger charge is -2.39. The third-order valence-electron chi connectivity index (χ3n) is 5.16. The molecule has 27 heavy (non-hydrogen) atoms. The molecule has 2 aromatic carbocycles. The van der Waals surface area contributed by atoms with Gasteiger partial charge in [-0.3, -0.25) is 0 Å². The van der Waals surface area contributed by atoms with Gasteiger partial charge in [-0.1, -0.05) is 37.3 Å². The summed E-state index contributed by atoms with van der Waals surface area (Å²) in [5.74, 6) is -0.0155. The lowest BCUT2D eigenvalue weighted by Crippen LogP contribution is -2.44. The molecule has 1 aliphatic heterocycles. The van der Waals surface area contributed by atoms with Crippen LogP contribution in [0.2, 0.25) is 0 Å². The van der Waals surface area contributed by atoms with Crippen LogP contribution in [-0.2, 0) is 19.9 Å². The van der Waals surface area contributed by atoms with E-state index in [9.17, 15) is 16.8 Å². The van der Waals surface area contributed by atoms with Crippen molar-refractivity contribution in [2.45, 2.75) is 55.0 Å². The van der Waals surface area contributed by atoms with Crippen LogP contribution < -0.4 is 0 Å². The number of hydrogen-bond acceptors (Lipinski definition) is 4. The highest BCUT2D eigenvalue weighted by molar-refractivity contribution is 7.91. The molecule has 0 bridgehead atoms. The lowest BCUT2D eigenvalue weighted by molar-refractivity contribution is 0.193. The predicted molar refractivity (Wildman–Crippen MR) is 106 cm³/mol. The number of rotatable bonds is 5. The zero-order valence-electron chi connectivity index (χ0n) is 15.6. The molecule has 0 aromatic heterocycles. The Balaban J connectivity index is 2.01. The summed E-state index contributed by atoms with van der Waals surface area (Å²) in [5.41, 5.74) is 0.984. The molecule has 1 fully saturated rings. The summed E-state index contributed by atoms with van der Waals surface area (Å²) < 4.78 is 52.4. The van der Waals surface area contributed by atoms with E-state index in [0.29, 0.717) is 0 Å². The Morgan fingerprint density at radius 3 is 2.07 bits per heavy atom. The molecular formula is C20H25NO4S2. The van der Waals surface area contributed by atoms with Crippen molar-refractivity contribution in [3.8, 4) is 0 Å². The summed E-state index contributed by atoms with van der Waals surface area (Å²) in [7, 11) is -7.10. The number of nitrogens with zero attached hydrogens (tertiary/aromatic N) is 1. The Bertz CT molecular complexity index is 984. The maximum atomic E-state index is 13.4. The molecule has 0 spiro atoms. The van der Waals surface area contributed by atoms with Gasteiger partial charge >= 0.3 is 0 Å². The van der Waals surface area contributed by atoms with E-state index in [2.05, 4.69) is 0 Å². The fraction of sp³-hybridized carbons (Fsp3) is 0.400. The molecule has 5 nitrogen and oxygen atoms in total. The second kappa shape index (κ2) is 7.73. The van der Waals surface area contributed by atoms with Crippen LogP contribution >= 0.6 is 0 Å². The van der Waals surface area contributed by atoms with Crippen molar-refractivity contribution in [1.82, 2.24) is 4.31 Å². The molecule has 1 aliphatic rings. The van der Waals surface area contributed by atoms with Crippen molar-refractivity contribution in [3.63, 3.8) is 0 Å². The van der Waals surface area contributed by atoms with E-state index >= 15 is 0 Å². The van der Waals surface area contributed by atoms with Gasteiger partial charge < -0.3 is 0 Å². The van der Waals surface area contributed by atoms with Gasteiger partial charge in [-0.25, -0.2) is 16.8 Å². The summed E-state index contributed by atoms with van der Waals surface area (Å²) in [6.07, 6.45) is 2.56. The normalized spacial score (nSPS) is 21.9. The largest absolute Gasteiger partial charge is 0.243 e. The van der Waals surface area contributed by atoms with E-state index in [1.165, 1.54) is 24.3 Å². The van der Waals surface area contributed by atoms with E-state index in [1.54, 1.807) is 11.2 Å². The van der Waals surface area contributed by atoms with E-state index in [0.717, 1.165) is 24.8 Å². The predicted octanol–water partition coefficient (Wildman–Crippen LogP) is 3.78. The SMILES string of the molecule is CCS(=O)(=O)c1ccc(S(=O)(=O)N2C(C)CCCC2c2ccccc2)cc1. The van der Waals surface area contributed by atoms with Gasteiger partial charge in [-0.15, -0.1) is 0 Å². The third-order valence-corrected chi connectivity index (χ3v) is 8.95. The van der Waals surface area contributed by atoms with Crippen molar-refractivity contribution in [2.24, 2.45) is 0 Å². The molecule has 2 unspecified atom stereocenters. The van der Waals surface area contributed by atoms with E-state index < -0.39 is 19.9 Å². The number of sulfonamides is 1. The van der Waals surface area contributed by atoms with Gasteiger partial charge in [0, 0.05) is 6.04 Å². The highest BCUT2D eigenvalue weighted by Gasteiger charge is 2.38. The lowest BCUT2D eigenvalue weighted by atomic mass is 9.94. The second-order valence-corrected chi connectivity index (χ2v) is 11.0. The summed E-state index contributed by atoms with van der Waals surface area (Å²) in [6, 6.07) is 14.9. The number of piperidine rings is 1. The monoisotopic (exact) mass is 407 g/mol. The Morgan fingerprint density at radius 1 is 0.889 bits per heavy atom. The second-order valence-electron chi connectivity index (χ2n) is 6.92. The summed E-state index contributed by atoms with van der Waals surface area (Å²) in [5, 5.41) is 0. The van der Waals surface area contributed by atoms with Gasteiger partial charge in [-0.2, -0.15) is 4.31 Å². The van der Waals surface area contributed by atoms with Crippen molar-refractivity contribution < 1.29 is 16.8 Å². The molecule has 0 N–H and O–H groups in total. The smallest absolute Gasteiger partial charge is 0.224 e. The Hall–Kier alpha value is -1.70. The highest BCUT2D eigenvalue weighted by atomic mass is 32.2. The summed E-state index contributed by atoms with van der Waals surface area (Å²) >= 11 is 0. The van der Waals surface area contributed by atoms with Gasteiger partial charge in [0.25, 0.3) is 0 Å². The van der Waals surface area contributed by atoms with E-state index in [4.69, 9.17) is 0 Å². The average Bonchev–Trinajstić information content (AvgIpc) is 2.68. The number of benzene rings is 2. The van der Waals surface area contributed by atoms with Crippen LogP contribution in [0.3, 0.4) is 0 Å². The maximum Gasteiger partial charge on any atom is 0.243 e. The minimum absolute atomic E-state index is 0.0155. The molecular weight excluding hydrogens is 382 g/mol. The van der Waals surface area contributed by atoms with Crippen LogP contribution in [0.4, 0.5) is 0 Å². The first-order valence-corrected chi connectivity index (χ1v) is 12.3. The van der Waals surface area contributed by atoms with Crippen LogP contribution in [0.25, 0.3) is 0 Å². The van der Waals surface area contributed by atoms with Crippen molar-refractivity contribution in [2.75, 3.05) is 5.75 Å². The topological polar surface area (TPSA) is 71.5 Å². The van der Waals surface area contributed by atoms with Gasteiger partial charge in [0.05, 0.1) is 21.6 Å². The van der Waals surface area contributed by atoms with Gasteiger partial charge in [0.15, 0.2) is 9.84 Å². The first kappa shape index (κ1) is 20.0. The molecule has 2 atom stereocenters. The first-order valence-electron chi connectivity index (χ1n) is 9.18. The van der Waals surface area contributed by atoms with Crippen molar-refractivity contribution >= 4 is 19.9 Å². The molecule has 0 aliphatic carbocycles.